The van der Waals surface area contributed by atoms with E-state index in [0.29, 0.717) is 25.9 Å². The van der Waals surface area contributed by atoms with Crippen LogP contribution >= 0.6 is 0 Å². The minimum atomic E-state index is -0.835. The highest BCUT2D eigenvalue weighted by molar-refractivity contribution is 6.08. The molecule has 0 atom stereocenters. The Labute approximate surface area is 181 Å². The number of carbonyl (C=O) groups is 3. The molecule has 2 heterocycles. The zero-order chi connectivity index (χ0) is 22.0. The zero-order valence-electron chi connectivity index (χ0n) is 18.2. The Morgan fingerprint density at radius 3 is 2.71 bits per heavy atom. The van der Waals surface area contributed by atoms with Gasteiger partial charge in [-0.05, 0) is 26.0 Å². The molecular formula is C23H30N4O4. The molecule has 4 rings (SSSR count). The average molecular weight is 427 g/mol. The molecule has 1 spiro atoms. The monoisotopic (exact) mass is 426 g/mol. The molecule has 2 N–H and O–H groups in total. The molecule has 0 unspecified atom stereocenters. The second-order valence-corrected chi connectivity index (χ2v) is 8.59. The Balaban J connectivity index is 1.33. The maximum absolute atomic E-state index is 12.8. The van der Waals surface area contributed by atoms with Crippen molar-refractivity contribution in [3.8, 4) is 0 Å². The number of urea groups is 1. The zero-order valence-corrected chi connectivity index (χ0v) is 18.2. The molecule has 2 fully saturated rings. The van der Waals surface area contributed by atoms with Gasteiger partial charge in [0.25, 0.3) is 5.91 Å². The Morgan fingerprint density at radius 1 is 1.23 bits per heavy atom. The van der Waals surface area contributed by atoms with E-state index in [1.54, 1.807) is 0 Å². The number of hydrogen-bond donors (Lipinski definition) is 2. The van der Waals surface area contributed by atoms with E-state index in [0.717, 1.165) is 53.0 Å². The van der Waals surface area contributed by atoms with E-state index in [1.807, 2.05) is 36.2 Å². The van der Waals surface area contributed by atoms with Crippen molar-refractivity contribution in [1.82, 2.24) is 20.7 Å². The third kappa shape index (κ3) is 4.17. The molecule has 31 heavy (non-hydrogen) atoms. The maximum atomic E-state index is 12.8. The first kappa shape index (κ1) is 21.4. The molecule has 0 radical (unpaired) electrons. The number of amides is 4. The van der Waals surface area contributed by atoms with Gasteiger partial charge in [0.15, 0.2) is 0 Å². The van der Waals surface area contributed by atoms with E-state index in [1.165, 1.54) is 0 Å². The molecule has 2 aromatic rings. The summed E-state index contributed by atoms with van der Waals surface area (Å²) in [4.78, 5) is 39.6. The normalized spacial score (nSPS) is 18.2. The Hall–Kier alpha value is -2.87. The van der Waals surface area contributed by atoms with Crippen molar-refractivity contribution in [2.45, 2.75) is 64.0 Å². The summed E-state index contributed by atoms with van der Waals surface area (Å²) >= 11 is 0. The van der Waals surface area contributed by atoms with Crippen LogP contribution in [0.3, 0.4) is 0 Å². The number of nitrogens with zero attached hydrogens (tertiary/aromatic N) is 2. The fraction of sp³-hybridized carbons (Fsp3) is 0.522. The molecule has 1 aliphatic heterocycles. The number of hydrazine groups is 1. The molecular weight excluding hydrogens is 396 g/mol. The highest BCUT2D eigenvalue weighted by Gasteiger charge is 2.52. The molecule has 0 bridgehead atoms. The molecule has 4 amide bonds. The fourth-order valence-electron chi connectivity index (χ4n) is 4.65. The van der Waals surface area contributed by atoms with E-state index < -0.39 is 11.6 Å². The van der Waals surface area contributed by atoms with Crippen molar-refractivity contribution in [2.75, 3.05) is 13.6 Å². The van der Waals surface area contributed by atoms with E-state index in [-0.39, 0.29) is 18.2 Å². The molecule has 1 aromatic carbocycles. The van der Waals surface area contributed by atoms with Gasteiger partial charge in [-0.3, -0.25) is 15.0 Å². The first-order chi connectivity index (χ1) is 14.9. The summed E-state index contributed by atoms with van der Waals surface area (Å²) in [6.07, 6.45) is 5.11. The maximum Gasteiger partial charge on any atom is 0.344 e. The highest BCUT2D eigenvalue weighted by atomic mass is 16.3. The van der Waals surface area contributed by atoms with E-state index in [2.05, 4.69) is 17.7 Å². The number of hydrogen-bond acceptors (Lipinski definition) is 5. The number of furan rings is 1. The summed E-state index contributed by atoms with van der Waals surface area (Å²) in [5, 5.41) is 4.76. The van der Waals surface area contributed by atoms with Crippen LogP contribution in [0.25, 0.3) is 11.0 Å². The Kier molecular flexibility index (Phi) is 6.00. The third-order valence-corrected chi connectivity index (χ3v) is 6.36. The molecule has 1 aliphatic carbocycles. The van der Waals surface area contributed by atoms with Crippen molar-refractivity contribution in [2.24, 2.45) is 0 Å². The lowest BCUT2D eigenvalue weighted by molar-refractivity contribution is -0.140. The van der Waals surface area contributed by atoms with Gasteiger partial charge >= 0.3 is 6.03 Å². The second-order valence-electron chi connectivity index (χ2n) is 8.59. The van der Waals surface area contributed by atoms with Gasteiger partial charge in [-0.2, -0.15) is 5.01 Å². The van der Waals surface area contributed by atoms with E-state index in [4.69, 9.17) is 4.42 Å². The van der Waals surface area contributed by atoms with Gasteiger partial charge in [0, 0.05) is 36.9 Å². The van der Waals surface area contributed by atoms with Gasteiger partial charge in [0.2, 0.25) is 5.91 Å². The predicted molar refractivity (Wildman–Crippen MR) is 116 cm³/mol. The van der Waals surface area contributed by atoms with Crippen LogP contribution in [-0.4, -0.2) is 46.9 Å². The average Bonchev–Trinajstić information content (AvgIpc) is 3.23. The minimum absolute atomic E-state index is 0.178. The smallest absolute Gasteiger partial charge is 0.344 e. The predicted octanol–water partition coefficient (Wildman–Crippen LogP) is 3.10. The number of rotatable bonds is 7. The molecule has 1 aromatic heterocycles. The number of imide groups is 1. The number of aryl methyl sites for hydroxylation is 1. The SMILES string of the molecule is CCc1oc2ccccc2c1CN(C)CCC(=O)NN1C(=O)NC2(CCCCC2)C1=O. The van der Waals surface area contributed by atoms with Crippen LogP contribution in [0.5, 0.6) is 0 Å². The van der Waals surface area contributed by atoms with E-state index in [9.17, 15) is 14.4 Å². The molecule has 8 heteroatoms. The van der Waals surface area contributed by atoms with Gasteiger partial charge in [0.1, 0.15) is 16.9 Å². The summed E-state index contributed by atoms with van der Waals surface area (Å²) in [5.41, 5.74) is 3.67. The van der Waals surface area contributed by atoms with Crippen molar-refractivity contribution >= 4 is 28.8 Å². The number of para-hydroxylation sites is 1. The number of nitrogens with one attached hydrogen (secondary N) is 2. The lowest BCUT2D eigenvalue weighted by Crippen LogP contribution is -2.51. The van der Waals surface area contributed by atoms with Gasteiger partial charge in [-0.15, -0.1) is 0 Å². The summed E-state index contributed by atoms with van der Waals surface area (Å²) in [6.45, 7) is 3.20. The Bertz CT molecular complexity index is 993. The third-order valence-electron chi connectivity index (χ3n) is 6.36. The molecule has 1 saturated heterocycles. The number of carbonyl (C=O) groups excluding carboxylic acids is 3. The lowest BCUT2D eigenvalue weighted by Gasteiger charge is -2.30. The topological polar surface area (TPSA) is 94.9 Å². The second kappa shape index (κ2) is 8.70. The molecule has 2 aliphatic rings. The summed E-state index contributed by atoms with van der Waals surface area (Å²) < 4.78 is 5.95. The summed E-state index contributed by atoms with van der Waals surface area (Å²) in [5.74, 6) is 0.266. The van der Waals surface area contributed by atoms with Crippen LogP contribution in [0.1, 0.15) is 56.8 Å². The molecule has 8 nitrogen and oxygen atoms in total. The standard InChI is InChI=1S/C23H30N4O4/c1-3-18-17(16-9-5-6-10-19(16)31-18)15-26(2)14-11-20(28)25-27-21(29)23(24-22(27)30)12-7-4-8-13-23/h5-6,9-10H,3-4,7-8,11-15H2,1-2H3,(H,24,30)(H,25,28). The minimum Gasteiger partial charge on any atom is -0.461 e. The van der Waals surface area contributed by atoms with Gasteiger partial charge in [0.05, 0.1) is 0 Å². The quantitative estimate of drug-likeness (QED) is 0.664. The van der Waals surface area contributed by atoms with Gasteiger partial charge in [-0.25, -0.2) is 4.79 Å². The van der Waals surface area contributed by atoms with Crippen molar-refractivity contribution in [3.05, 3.63) is 35.6 Å². The van der Waals surface area contributed by atoms with Crippen molar-refractivity contribution in [3.63, 3.8) is 0 Å². The van der Waals surface area contributed by atoms with E-state index >= 15 is 0 Å². The van der Waals surface area contributed by atoms with Crippen molar-refractivity contribution < 1.29 is 18.8 Å². The molecule has 1 saturated carbocycles. The fourth-order valence-corrected chi connectivity index (χ4v) is 4.65. The number of benzene rings is 1. The summed E-state index contributed by atoms with van der Waals surface area (Å²) in [6, 6.07) is 7.42. The first-order valence-electron chi connectivity index (χ1n) is 11.1. The molecule has 166 valence electrons. The summed E-state index contributed by atoms with van der Waals surface area (Å²) in [7, 11) is 1.94. The first-order valence-corrected chi connectivity index (χ1v) is 11.1. The van der Waals surface area contributed by atoms with Gasteiger partial charge in [-0.1, -0.05) is 44.4 Å². The highest BCUT2D eigenvalue weighted by Crippen LogP contribution is 2.33. The van der Waals surface area contributed by atoms with Crippen LogP contribution in [-0.2, 0) is 22.6 Å². The van der Waals surface area contributed by atoms with Gasteiger partial charge < -0.3 is 14.6 Å². The largest absolute Gasteiger partial charge is 0.461 e. The van der Waals surface area contributed by atoms with Crippen LogP contribution in [0.15, 0.2) is 28.7 Å². The lowest BCUT2D eigenvalue weighted by atomic mass is 9.82. The number of fused-ring (bicyclic) bond motifs is 1. The van der Waals surface area contributed by atoms with Crippen LogP contribution in [0.2, 0.25) is 0 Å². The van der Waals surface area contributed by atoms with Crippen molar-refractivity contribution in [1.29, 1.82) is 0 Å². The van der Waals surface area contributed by atoms with Crippen LogP contribution in [0.4, 0.5) is 4.79 Å². The van der Waals surface area contributed by atoms with Crippen LogP contribution < -0.4 is 10.7 Å². The van der Waals surface area contributed by atoms with Crippen LogP contribution in [0, 0.1) is 0 Å². The Morgan fingerprint density at radius 2 is 1.97 bits per heavy atom.